The molecule has 0 fully saturated rings. The van der Waals surface area contributed by atoms with Gasteiger partial charge < -0.3 is 9.84 Å². The number of carbonyl (C=O) groups is 1. The zero-order valence-electron chi connectivity index (χ0n) is 13.6. The van der Waals surface area contributed by atoms with Crippen molar-refractivity contribution in [1.29, 1.82) is 0 Å². The number of aromatic nitrogens is 4. The second kappa shape index (κ2) is 7.44. The molecule has 0 aliphatic heterocycles. The Morgan fingerprint density at radius 3 is 2.92 bits per heavy atom. The summed E-state index contributed by atoms with van der Waals surface area (Å²) in [5, 5.41) is 10.6. The second-order valence-electron chi connectivity index (χ2n) is 5.22. The smallest absolute Gasteiger partial charge is 0.278 e. The molecule has 0 saturated carbocycles. The predicted octanol–water partition coefficient (Wildman–Crippen LogP) is 1.89. The Hall–Kier alpha value is -3.07. The fraction of sp³-hybridized carbons (Fsp3) is 0.188. The Balaban J connectivity index is 1.93. The predicted molar refractivity (Wildman–Crippen MR) is 90.9 cm³/mol. The summed E-state index contributed by atoms with van der Waals surface area (Å²) in [6, 6.07) is 6.57. The van der Waals surface area contributed by atoms with E-state index in [-0.39, 0.29) is 35.4 Å². The zero-order valence-corrected chi connectivity index (χ0v) is 14.3. The van der Waals surface area contributed by atoms with E-state index in [1.807, 2.05) is 0 Å². The van der Waals surface area contributed by atoms with Gasteiger partial charge in [0.2, 0.25) is 11.7 Å². The summed E-state index contributed by atoms with van der Waals surface area (Å²) in [6.45, 7) is 1.95. The standard InChI is InChI=1S/C16H13ClFN5O3/c1-2-19-13(24)8-23-14(25)6-5-12(21-23)16-20-15(22-26-16)10-7-9(17)3-4-11(10)18/h3-7H,2,8H2,1H3,(H,19,24). The Morgan fingerprint density at radius 1 is 1.35 bits per heavy atom. The van der Waals surface area contributed by atoms with Crippen molar-refractivity contribution in [3.05, 3.63) is 51.5 Å². The molecule has 3 rings (SSSR count). The quantitative estimate of drug-likeness (QED) is 0.728. The van der Waals surface area contributed by atoms with Gasteiger partial charge in [0, 0.05) is 17.6 Å². The fourth-order valence-corrected chi connectivity index (χ4v) is 2.34. The maximum Gasteiger partial charge on any atom is 0.278 e. The number of carbonyl (C=O) groups excluding carboxylic acids is 1. The van der Waals surface area contributed by atoms with Crippen molar-refractivity contribution in [2.45, 2.75) is 13.5 Å². The lowest BCUT2D eigenvalue weighted by Crippen LogP contribution is -2.33. The van der Waals surface area contributed by atoms with E-state index >= 15 is 0 Å². The van der Waals surface area contributed by atoms with Crippen LogP contribution in [0, 0.1) is 5.82 Å². The van der Waals surface area contributed by atoms with Gasteiger partial charge in [-0.25, -0.2) is 9.07 Å². The van der Waals surface area contributed by atoms with Crippen molar-refractivity contribution in [3.8, 4) is 23.0 Å². The fourth-order valence-electron chi connectivity index (χ4n) is 2.17. The molecule has 0 bridgehead atoms. The van der Waals surface area contributed by atoms with Gasteiger partial charge in [0.15, 0.2) is 0 Å². The minimum atomic E-state index is -0.559. The molecule has 3 aromatic rings. The van der Waals surface area contributed by atoms with Gasteiger partial charge in [0.05, 0.1) is 5.56 Å². The van der Waals surface area contributed by atoms with Crippen LogP contribution in [0.3, 0.4) is 0 Å². The SMILES string of the molecule is CCNC(=O)Cn1nc(-c2nc(-c3cc(Cl)ccc3F)no2)ccc1=O. The Morgan fingerprint density at radius 2 is 2.15 bits per heavy atom. The maximum absolute atomic E-state index is 13.9. The number of likely N-dealkylation sites (N-methyl/N-ethyl adjacent to an activating group) is 1. The summed E-state index contributed by atoms with van der Waals surface area (Å²) in [4.78, 5) is 27.6. The van der Waals surface area contributed by atoms with Crippen LogP contribution in [-0.4, -0.2) is 32.4 Å². The summed E-state index contributed by atoms with van der Waals surface area (Å²) in [5.41, 5.74) is -0.209. The summed E-state index contributed by atoms with van der Waals surface area (Å²) in [6.07, 6.45) is 0. The van der Waals surface area contributed by atoms with Gasteiger partial charge in [-0.05, 0) is 31.2 Å². The molecule has 2 aromatic heterocycles. The third-order valence-corrected chi connectivity index (χ3v) is 3.58. The second-order valence-corrected chi connectivity index (χ2v) is 5.65. The molecule has 1 N–H and O–H groups in total. The largest absolute Gasteiger partial charge is 0.355 e. The van der Waals surface area contributed by atoms with Crippen molar-refractivity contribution in [1.82, 2.24) is 25.2 Å². The lowest BCUT2D eigenvalue weighted by molar-refractivity contribution is -0.121. The normalized spacial score (nSPS) is 10.7. The first kappa shape index (κ1) is 17.7. The highest BCUT2D eigenvalue weighted by Gasteiger charge is 2.16. The van der Waals surface area contributed by atoms with Crippen LogP contribution < -0.4 is 10.9 Å². The highest BCUT2D eigenvalue weighted by molar-refractivity contribution is 6.30. The van der Waals surface area contributed by atoms with Crippen LogP contribution in [0.25, 0.3) is 23.0 Å². The highest BCUT2D eigenvalue weighted by Crippen LogP contribution is 2.25. The number of nitrogens with zero attached hydrogens (tertiary/aromatic N) is 4. The zero-order chi connectivity index (χ0) is 18.7. The molecule has 0 radical (unpaired) electrons. The summed E-state index contributed by atoms with van der Waals surface area (Å²) in [7, 11) is 0. The molecule has 0 atom stereocenters. The Bertz CT molecular complexity index is 1020. The van der Waals surface area contributed by atoms with E-state index in [1.54, 1.807) is 6.92 Å². The lowest BCUT2D eigenvalue weighted by atomic mass is 10.2. The van der Waals surface area contributed by atoms with Crippen LogP contribution in [0.4, 0.5) is 4.39 Å². The third kappa shape index (κ3) is 3.77. The molecule has 2 heterocycles. The van der Waals surface area contributed by atoms with Crippen LogP contribution in [0.2, 0.25) is 5.02 Å². The van der Waals surface area contributed by atoms with Crippen molar-refractivity contribution < 1.29 is 13.7 Å². The molecule has 0 spiro atoms. The molecule has 0 saturated heterocycles. The Labute approximate surface area is 151 Å². The van der Waals surface area contributed by atoms with Crippen LogP contribution >= 0.6 is 11.6 Å². The average Bonchev–Trinajstić information content (AvgIpc) is 3.09. The number of nitrogens with one attached hydrogen (secondary N) is 1. The minimum Gasteiger partial charge on any atom is -0.355 e. The van der Waals surface area contributed by atoms with E-state index < -0.39 is 11.4 Å². The molecule has 134 valence electrons. The lowest BCUT2D eigenvalue weighted by Gasteiger charge is -2.05. The molecule has 1 amide bonds. The first-order valence-corrected chi connectivity index (χ1v) is 8.00. The molecule has 0 unspecified atom stereocenters. The van der Waals surface area contributed by atoms with Gasteiger partial charge in [0.25, 0.3) is 11.4 Å². The third-order valence-electron chi connectivity index (χ3n) is 3.35. The first-order chi connectivity index (χ1) is 12.5. The number of benzene rings is 1. The highest BCUT2D eigenvalue weighted by atomic mass is 35.5. The van der Waals surface area contributed by atoms with E-state index in [1.165, 1.54) is 30.3 Å². The van der Waals surface area contributed by atoms with Crippen molar-refractivity contribution in [3.63, 3.8) is 0 Å². The summed E-state index contributed by atoms with van der Waals surface area (Å²) < 4.78 is 20.0. The number of amides is 1. The first-order valence-electron chi connectivity index (χ1n) is 7.62. The van der Waals surface area contributed by atoms with Gasteiger partial charge >= 0.3 is 0 Å². The van der Waals surface area contributed by atoms with E-state index in [0.29, 0.717) is 11.6 Å². The van der Waals surface area contributed by atoms with Crippen LogP contribution in [0.15, 0.2) is 39.6 Å². The van der Waals surface area contributed by atoms with E-state index in [4.69, 9.17) is 16.1 Å². The number of hydrogen-bond donors (Lipinski definition) is 1. The molecule has 8 nitrogen and oxygen atoms in total. The molecular formula is C16H13ClFN5O3. The van der Waals surface area contributed by atoms with Crippen LogP contribution in [0.1, 0.15) is 6.92 Å². The van der Waals surface area contributed by atoms with Gasteiger partial charge in [0.1, 0.15) is 18.1 Å². The van der Waals surface area contributed by atoms with Crippen molar-refractivity contribution >= 4 is 17.5 Å². The molecule has 1 aromatic carbocycles. The van der Waals surface area contributed by atoms with E-state index in [2.05, 4.69) is 20.6 Å². The average molecular weight is 378 g/mol. The monoisotopic (exact) mass is 377 g/mol. The van der Waals surface area contributed by atoms with Gasteiger partial charge in [-0.2, -0.15) is 10.1 Å². The van der Waals surface area contributed by atoms with Crippen LogP contribution in [0.5, 0.6) is 0 Å². The molecule has 26 heavy (non-hydrogen) atoms. The summed E-state index contributed by atoms with van der Waals surface area (Å²) in [5.74, 6) is -0.949. The topological polar surface area (TPSA) is 103 Å². The number of halogens is 2. The summed E-state index contributed by atoms with van der Waals surface area (Å²) >= 11 is 5.86. The molecule has 0 aliphatic carbocycles. The maximum atomic E-state index is 13.9. The number of rotatable bonds is 5. The number of hydrogen-bond acceptors (Lipinski definition) is 6. The van der Waals surface area contributed by atoms with Crippen LogP contribution in [-0.2, 0) is 11.3 Å². The molecule has 0 aliphatic rings. The van der Waals surface area contributed by atoms with Gasteiger partial charge in [-0.15, -0.1) is 0 Å². The van der Waals surface area contributed by atoms with Crippen molar-refractivity contribution in [2.75, 3.05) is 6.54 Å². The Kier molecular flexibility index (Phi) is 5.08. The van der Waals surface area contributed by atoms with Gasteiger partial charge in [-0.3, -0.25) is 9.59 Å². The van der Waals surface area contributed by atoms with Crippen molar-refractivity contribution in [2.24, 2.45) is 0 Å². The van der Waals surface area contributed by atoms with E-state index in [9.17, 15) is 14.0 Å². The molecular weight excluding hydrogens is 365 g/mol. The minimum absolute atomic E-state index is 0.0109. The van der Waals surface area contributed by atoms with E-state index in [0.717, 1.165) is 4.68 Å². The molecule has 10 heteroatoms. The van der Waals surface area contributed by atoms with Gasteiger partial charge in [-0.1, -0.05) is 16.8 Å².